The zero-order valence-corrected chi connectivity index (χ0v) is 7.80. The van der Waals surface area contributed by atoms with Gasteiger partial charge in [0.2, 0.25) is 0 Å². The largest absolute Gasteiger partial charge is 0.390 e. The van der Waals surface area contributed by atoms with Crippen LogP contribution >= 0.6 is 0 Å². The molecule has 0 saturated heterocycles. The number of hydrogen-bond donors (Lipinski definition) is 1. The molecule has 1 aromatic heterocycles. The summed E-state index contributed by atoms with van der Waals surface area (Å²) >= 11 is 0. The first kappa shape index (κ1) is 9.51. The number of nitrogens with one attached hydrogen (secondary N) is 1. The van der Waals surface area contributed by atoms with E-state index in [0.29, 0.717) is 11.3 Å². The molecule has 0 bridgehead atoms. The van der Waals surface area contributed by atoms with E-state index in [-0.39, 0.29) is 0 Å². The lowest BCUT2D eigenvalue weighted by Gasteiger charge is -1.99. The van der Waals surface area contributed by atoms with Crippen molar-refractivity contribution in [3.63, 3.8) is 0 Å². The fourth-order valence-corrected chi connectivity index (χ4v) is 1.15. The van der Waals surface area contributed by atoms with Crippen LogP contribution in [0.2, 0.25) is 0 Å². The number of carbonyl (C=O) groups is 2. The van der Waals surface area contributed by atoms with Gasteiger partial charge >= 0.3 is 11.9 Å². The van der Waals surface area contributed by atoms with Gasteiger partial charge in [0.25, 0.3) is 0 Å². The summed E-state index contributed by atoms with van der Waals surface area (Å²) in [7, 11) is 0. The van der Waals surface area contributed by atoms with Crippen molar-refractivity contribution in [3.8, 4) is 0 Å². The molecular formula is C9H11NO3. The summed E-state index contributed by atoms with van der Waals surface area (Å²) in [6.07, 6.45) is 1.70. The van der Waals surface area contributed by atoms with E-state index in [1.807, 2.05) is 0 Å². The smallest absolute Gasteiger partial charge is 0.347 e. The van der Waals surface area contributed by atoms with Gasteiger partial charge in [0.15, 0.2) is 0 Å². The first-order valence-electron chi connectivity index (χ1n) is 3.89. The third kappa shape index (κ3) is 1.96. The van der Waals surface area contributed by atoms with Crippen LogP contribution in [0.25, 0.3) is 0 Å². The highest BCUT2D eigenvalue weighted by molar-refractivity contribution is 5.98. The second-order valence-corrected chi connectivity index (χ2v) is 2.85. The summed E-state index contributed by atoms with van der Waals surface area (Å²) in [5, 5.41) is 0. The number of aromatic amines is 1. The van der Waals surface area contributed by atoms with Gasteiger partial charge in [-0.1, -0.05) is 0 Å². The summed E-state index contributed by atoms with van der Waals surface area (Å²) < 4.78 is 4.46. The van der Waals surface area contributed by atoms with Gasteiger partial charge in [-0.3, -0.25) is 4.79 Å². The average Bonchev–Trinajstić information content (AvgIpc) is 2.29. The molecule has 0 unspecified atom stereocenters. The van der Waals surface area contributed by atoms with E-state index in [2.05, 4.69) is 9.72 Å². The topological polar surface area (TPSA) is 59.2 Å². The van der Waals surface area contributed by atoms with Crippen LogP contribution in [0.4, 0.5) is 0 Å². The van der Waals surface area contributed by atoms with Gasteiger partial charge < -0.3 is 9.72 Å². The molecule has 0 radical (unpaired) electrons. The van der Waals surface area contributed by atoms with Gasteiger partial charge in [0, 0.05) is 18.8 Å². The van der Waals surface area contributed by atoms with E-state index in [1.165, 1.54) is 6.92 Å². The van der Waals surface area contributed by atoms with Crippen LogP contribution in [-0.4, -0.2) is 16.9 Å². The normalized spacial score (nSPS) is 9.77. The Morgan fingerprint density at radius 3 is 2.38 bits per heavy atom. The zero-order valence-electron chi connectivity index (χ0n) is 7.80. The van der Waals surface area contributed by atoms with Crippen LogP contribution in [0, 0.1) is 13.8 Å². The molecule has 4 heteroatoms. The number of ether oxygens (including phenoxy) is 1. The van der Waals surface area contributed by atoms with E-state index < -0.39 is 11.9 Å². The molecule has 0 aliphatic rings. The number of carbonyl (C=O) groups excluding carboxylic acids is 2. The summed E-state index contributed by atoms with van der Waals surface area (Å²) in [6, 6.07) is 0. The number of H-pyrrole nitrogens is 1. The minimum Gasteiger partial charge on any atom is -0.390 e. The Balaban J connectivity index is 2.94. The van der Waals surface area contributed by atoms with E-state index in [1.54, 1.807) is 20.0 Å². The van der Waals surface area contributed by atoms with Crippen molar-refractivity contribution < 1.29 is 14.3 Å². The molecule has 0 atom stereocenters. The number of aryl methyl sites for hydroxylation is 2. The van der Waals surface area contributed by atoms with Crippen LogP contribution in [0.3, 0.4) is 0 Å². The van der Waals surface area contributed by atoms with Gasteiger partial charge in [-0.25, -0.2) is 4.79 Å². The molecule has 1 aromatic rings. The Hall–Kier alpha value is -1.58. The lowest BCUT2D eigenvalue weighted by atomic mass is 10.2. The second kappa shape index (κ2) is 3.43. The fraction of sp³-hybridized carbons (Fsp3) is 0.333. The Morgan fingerprint density at radius 1 is 1.38 bits per heavy atom. The van der Waals surface area contributed by atoms with Crippen molar-refractivity contribution in [1.82, 2.24) is 4.98 Å². The third-order valence-corrected chi connectivity index (χ3v) is 1.72. The van der Waals surface area contributed by atoms with E-state index in [0.717, 1.165) is 5.56 Å². The average molecular weight is 181 g/mol. The number of esters is 2. The lowest BCUT2D eigenvalue weighted by molar-refractivity contribution is -0.135. The van der Waals surface area contributed by atoms with Crippen molar-refractivity contribution >= 4 is 11.9 Å². The monoisotopic (exact) mass is 181 g/mol. The van der Waals surface area contributed by atoms with Gasteiger partial charge in [-0.2, -0.15) is 0 Å². The van der Waals surface area contributed by atoms with Crippen molar-refractivity contribution in [3.05, 3.63) is 23.0 Å². The van der Waals surface area contributed by atoms with Crippen LogP contribution in [0.15, 0.2) is 6.20 Å². The van der Waals surface area contributed by atoms with Crippen LogP contribution in [0.1, 0.15) is 28.5 Å². The number of aromatic nitrogens is 1. The number of hydrogen-bond acceptors (Lipinski definition) is 3. The highest BCUT2D eigenvalue weighted by Crippen LogP contribution is 2.13. The fourth-order valence-electron chi connectivity index (χ4n) is 1.15. The predicted molar refractivity (Wildman–Crippen MR) is 46.4 cm³/mol. The highest BCUT2D eigenvalue weighted by atomic mass is 16.6. The summed E-state index contributed by atoms with van der Waals surface area (Å²) in [5.41, 5.74) is 1.93. The minimum atomic E-state index is -0.594. The van der Waals surface area contributed by atoms with E-state index in [4.69, 9.17) is 0 Å². The molecule has 1 heterocycles. The van der Waals surface area contributed by atoms with E-state index >= 15 is 0 Å². The molecule has 1 rings (SSSR count). The molecule has 70 valence electrons. The molecule has 0 fully saturated rings. The first-order chi connectivity index (χ1) is 6.02. The molecule has 1 N–H and O–H groups in total. The molecule has 13 heavy (non-hydrogen) atoms. The minimum absolute atomic E-state index is 0.440. The molecular weight excluding hydrogens is 170 g/mol. The quantitative estimate of drug-likeness (QED) is 0.525. The van der Waals surface area contributed by atoms with Gasteiger partial charge in [-0.15, -0.1) is 0 Å². The molecule has 4 nitrogen and oxygen atoms in total. The molecule has 0 saturated carbocycles. The van der Waals surface area contributed by atoms with E-state index in [9.17, 15) is 9.59 Å². The maximum Gasteiger partial charge on any atom is 0.347 e. The zero-order chi connectivity index (χ0) is 10.0. The summed E-state index contributed by atoms with van der Waals surface area (Å²) in [4.78, 5) is 24.7. The van der Waals surface area contributed by atoms with Crippen molar-refractivity contribution in [2.45, 2.75) is 20.8 Å². The third-order valence-electron chi connectivity index (χ3n) is 1.72. The Morgan fingerprint density at radius 2 is 2.00 bits per heavy atom. The standard InChI is InChI=1S/C9H11NO3/c1-5-4-10-6(2)8(5)9(12)13-7(3)11/h4,10H,1-3H3. The molecule has 0 aromatic carbocycles. The van der Waals surface area contributed by atoms with Gasteiger partial charge in [0.1, 0.15) is 0 Å². The summed E-state index contributed by atoms with van der Waals surface area (Å²) in [5.74, 6) is -1.19. The van der Waals surface area contributed by atoms with Crippen molar-refractivity contribution in [1.29, 1.82) is 0 Å². The predicted octanol–water partition coefficient (Wildman–Crippen LogP) is 1.33. The van der Waals surface area contributed by atoms with Gasteiger partial charge in [-0.05, 0) is 19.4 Å². The summed E-state index contributed by atoms with van der Waals surface area (Å²) in [6.45, 7) is 4.74. The SMILES string of the molecule is CC(=O)OC(=O)c1c(C)c[nH]c1C. The second-order valence-electron chi connectivity index (χ2n) is 2.85. The van der Waals surface area contributed by atoms with Crippen molar-refractivity contribution in [2.75, 3.05) is 0 Å². The molecule has 0 spiro atoms. The molecule has 0 aliphatic carbocycles. The molecule has 0 aliphatic heterocycles. The van der Waals surface area contributed by atoms with Crippen LogP contribution in [0.5, 0.6) is 0 Å². The Bertz CT molecular complexity index is 332. The Labute approximate surface area is 75.9 Å². The Kier molecular flexibility index (Phi) is 2.51. The number of rotatable bonds is 1. The molecule has 0 amide bonds. The highest BCUT2D eigenvalue weighted by Gasteiger charge is 2.16. The van der Waals surface area contributed by atoms with Crippen LogP contribution < -0.4 is 0 Å². The maximum atomic E-state index is 11.3. The maximum absolute atomic E-state index is 11.3. The van der Waals surface area contributed by atoms with Crippen LogP contribution in [-0.2, 0) is 9.53 Å². The first-order valence-corrected chi connectivity index (χ1v) is 3.89. The lowest BCUT2D eigenvalue weighted by Crippen LogP contribution is -2.10. The van der Waals surface area contributed by atoms with Crippen molar-refractivity contribution in [2.24, 2.45) is 0 Å². The van der Waals surface area contributed by atoms with Gasteiger partial charge in [0.05, 0.1) is 5.56 Å².